The third kappa shape index (κ3) is 5.00. The zero-order valence-corrected chi connectivity index (χ0v) is 20.7. The molecular weight excluding hydrogens is 421 g/mol. The molecule has 2 aromatic rings. The minimum absolute atomic E-state index is 0.163. The van der Waals surface area contributed by atoms with Crippen LogP contribution in [0.4, 0.5) is 0 Å². The molecule has 0 aromatic heterocycles. The molecule has 2 aliphatic rings. The molecule has 0 aliphatic heterocycles. The molecule has 0 radical (unpaired) electrons. The van der Waals surface area contributed by atoms with Gasteiger partial charge in [-0.05, 0) is 93.5 Å². The topological polar surface area (TPSA) is 3.24 Å². The van der Waals surface area contributed by atoms with Crippen molar-refractivity contribution in [2.75, 3.05) is 13.1 Å². The Kier molecular flexibility index (Phi) is 7.36. The van der Waals surface area contributed by atoms with Gasteiger partial charge in [-0.3, -0.25) is 0 Å². The summed E-state index contributed by atoms with van der Waals surface area (Å²) >= 11 is 14.2. The summed E-state index contributed by atoms with van der Waals surface area (Å²) in [6.07, 6.45) is 10.2. The van der Waals surface area contributed by atoms with Gasteiger partial charge >= 0.3 is 0 Å². The number of nitrogens with zero attached hydrogens (tertiary/aromatic N) is 1. The number of alkyl halides is 2. The lowest BCUT2D eigenvalue weighted by Crippen LogP contribution is -2.36. The molecule has 1 nitrogen and oxygen atoms in total. The molecule has 1 unspecified atom stereocenters. The van der Waals surface area contributed by atoms with Crippen LogP contribution in [0.5, 0.6) is 0 Å². The van der Waals surface area contributed by atoms with Crippen LogP contribution in [0.2, 0.25) is 0 Å². The van der Waals surface area contributed by atoms with Crippen molar-refractivity contribution in [3.8, 4) is 0 Å². The summed E-state index contributed by atoms with van der Waals surface area (Å²) in [7, 11) is 0. The van der Waals surface area contributed by atoms with Gasteiger partial charge in [0.25, 0.3) is 0 Å². The summed E-state index contributed by atoms with van der Waals surface area (Å²) in [6, 6.07) is 18.1. The van der Waals surface area contributed by atoms with Crippen molar-refractivity contribution in [3.05, 3.63) is 70.8 Å². The first-order valence-electron chi connectivity index (χ1n) is 12.2. The number of likely N-dealkylation sites (N-methyl/N-ethyl adjacent to an activating group) is 1. The Morgan fingerprint density at radius 3 is 1.90 bits per heavy atom. The molecule has 0 spiro atoms. The average molecular weight is 459 g/mol. The highest BCUT2D eigenvalue weighted by Gasteiger charge is 2.43. The van der Waals surface area contributed by atoms with Crippen LogP contribution in [-0.2, 0) is 22.6 Å². The lowest BCUT2D eigenvalue weighted by atomic mass is 9.71. The molecule has 0 saturated heterocycles. The number of rotatable bonds is 10. The molecule has 1 atom stereocenters. The molecule has 2 aliphatic carbocycles. The van der Waals surface area contributed by atoms with Crippen LogP contribution in [0, 0.1) is 0 Å². The first-order valence-corrected chi connectivity index (χ1v) is 13.0. The molecular formula is C28H37Cl2N. The van der Waals surface area contributed by atoms with Gasteiger partial charge in [0.15, 0.2) is 0 Å². The highest BCUT2D eigenvalue weighted by atomic mass is 35.5. The summed E-state index contributed by atoms with van der Waals surface area (Å²) < 4.78 is 0. The zero-order chi connectivity index (χ0) is 21.9. The van der Waals surface area contributed by atoms with E-state index in [1.54, 1.807) is 0 Å². The quantitative estimate of drug-likeness (QED) is 0.328. The van der Waals surface area contributed by atoms with Gasteiger partial charge in [0.05, 0.1) is 9.75 Å². The van der Waals surface area contributed by atoms with Crippen molar-refractivity contribution in [1.29, 1.82) is 0 Å². The van der Waals surface area contributed by atoms with Crippen LogP contribution >= 0.6 is 23.2 Å². The highest BCUT2D eigenvalue weighted by Crippen LogP contribution is 2.53. The maximum absolute atomic E-state index is 7.09. The predicted molar refractivity (Wildman–Crippen MR) is 134 cm³/mol. The molecule has 0 N–H and O–H groups in total. The summed E-state index contributed by atoms with van der Waals surface area (Å²) in [5.74, 6) is 0. The Labute approximate surface area is 199 Å². The highest BCUT2D eigenvalue weighted by molar-refractivity contribution is 6.25. The summed E-state index contributed by atoms with van der Waals surface area (Å²) in [5, 5.41) is 0. The standard InChI is InChI=1S/C28H37Cl2N/c1-3-31(21-16-23-10-5-4-6-11-23)22(2)14-15-24-25(27(29)17-8-18-27)12-7-13-26(24)28(30)19-9-20-28/h4-7,10-13,22H,3,8-9,14-21H2,1-2H3. The van der Waals surface area contributed by atoms with Crippen LogP contribution in [-0.4, -0.2) is 24.0 Å². The second kappa shape index (κ2) is 9.86. The van der Waals surface area contributed by atoms with Gasteiger partial charge in [0, 0.05) is 12.6 Å². The summed E-state index contributed by atoms with van der Waals surface area (Å²) in [6.45, 7) is 6.86. The van der Waals surface area contributed by atoms with Crippen molar-refractivity contribution >= 4 is 23.2 Å². The van der Waals surface area contributed by atoms with E-state index < -0.39 is 0 Å². The van der Waals surface area contributed by atoms with Gasteiger partial charge < -0.3 is 4.90 Å². The van der Waals surface area contributed by atoms with Gasteiger partial charge in [0.2, 0.25) is 0 Å². The third-order valence-electron chi connectivity index (χ3n) is 7.81. The molecule has 2 saturated carbocycles. The fraction of sp³-hybridized carbons (Fsp3) is 0.571. The van der Waals surface area contributed by atoms with Crippen molar-refractivity contribution < 1.29 is 0 Å². The van der Waals surface area contributed by atoms with Gasteiger partial charge in [0.1, 0.15) is 0 Å². The minimum Gasteiger partial charge on any atom is -0.301 e. The molecule has 0 amide bonds. The summed E-state index contributed by atoms with van der Waals surface area (Å²) in [5.41, 5.74) is 5.61. The van der Waals surface area contributed by atoms with Gasteiger partial charge in [-0.25, -0.2) is 0 Å². The Hall–Kier alpha value is -1.02. The lowest BCUT2D eigenvalue weighted by Gasteiger charge is -2.42. The fourth-order valence-electron chi connectivity index (χ4n) is 5.35. The van der Waals surface area contributed by atoms with Crippen molar-refractivity contribution in [2.45, 2.75) is 87.4 Å². The fourth-order valence-corrected chi connectivity index (χ4v) is 6.24. The number of benzene rings is 2. The van der Waals surface area contributed by atoms with Crippen LogP contribution in [0.3, 0.4) is 0 Å². The lowest BCUT2D eigenvalue weighted by molar-refractivity contribution is 0.212. The SMILES string of the molecule is CCN(CCc1ccccc1)C(C)CCc1c(C2(Cl)CCC2)cccc1C1(Cl)CCC1. The van der Waals surface area contributed by atoms with Crippen molar-refractivity contribution in [3.63, 3.8) is 0 Å². The van der Waals surface area contributed by atoms with E-state index in [1.807, 2.05) is 0 Å². The number of hydrogen-bond donors (Lipinski definition) is 0. The predicted octanol–water partition coefficient (Wildman–Crippen LogP) is 7.81. The third-order valence-corrected chi connectivity index (χ3v) is 8.97. The molecule has 2 aromatic carbocycles. The Bertz CT molecular complexity index is 816. The number of halogens is 2. The Morgan fingerprint density at radius 1 is 0.839 bits per heavy atom. The normalized spacial score (nSPS) is 20.2. The second-order valence-electron chi connectivity index (χ2n) is 9.72. The maximum Gasteiger partial charge on any atom is 0.0697 e. The second-order valence-corrected chi connectivity index (χ2v) is 11.2. The van der Waals surface area contributed by atoms with Crippen LogP contribution in [0.15, 0.2) is 48.5 Å². The van der Waals surface area contributed by atoms with E-state index in [1.165, 1.54) is 35.1 Å². The van der Waals surface area contributed by atoms with Crippen LogP contribution in [0.1, 0.15) is 81.0 Å². The van der Waals surface area contributed by atoms with Crippen molar-refractivity contribution in [1.82, 2.24) is 4.90 Å². The maximum atomic E-state index is 7.09. The van der Waals surface area contributed by atoms with Crippen LogP contribution in [0.25, 0.3) is 0 Å². The van der Waals surface area contributed by atoms with E-state index in [0.717, 1.165) is 58.0 Å². The first-order chi connectivity index (χ1) is 15.0. The molecule has 3 heteroatoms. The molecule has 0 heterocycles. The van der Waals surface area contributed by atoms with Gasteiger partial charge in [-0.15, -0.1) is 23.2 Å². The Balaban J connectivity index is 1.48. The van der Waals surface area contributed by atoms with E-state index in [0.29, 0.717) is 6.04 Å². The molecule has 2 fully saturated rings. The van der Waals surface area contributed by atoms with Gasteiger partial charge in [-0.2, -0.15) is 0 Å². The van der Waals surface area contributed by atoms with Gasteiger partial charge in [-0.1, -0.05) is 55.5 Å². The van der Waals surface area contributed by atoms with Crippen LogP contribution < -0.4 is 0 Å². The Morgan fingerprint density at radius 2 is 1.42 bits per heavy atom. The van der Waals surface area contributed by atoms with E-state index >= 15 is 0 Å². The zero-order valence-electron chi connectivity index (χ0n) is 19.2. The number of hydrogen-bond acceptors (Lipinski definition) is 1. The van der Waals surface area contributed by atoms with Crippen molar-refractivity contribution in [2.24, 2.45) is 0 Å². The summed E-state index contributed by atoms with van der Waals surface area (Å²) in [4.78, 5) is 2.29. The first kappa shape index (κ1) is 23.1. The minimum atomic E-state index is -0.163. The largest absolute Gasteiger partial charge is 0.301 e. The van der Waals surface area contributed by atoms with E-state index in [4.69, 9.17) is 23.2 Å². The smallest absolute Gasteiger partial charge is 0.0697 e. The molecule has 4 rings (SSSR count). The van der Waals surface area contributed by atoms with E-state index in [2.05, 4.69) is 67.3 Å². The average Bonchev–Trinajstić information content (AvgIpc) is 2.75. The van der Waals surface area contributed by atoms with E-state index in [9.17, 15) is 0 Å². The van der Waals surface area contributed by atoms with E-state index in [-0.39, 0.29) is 9.75 Å². The monoisotopic (exact) mass is 457 g/mol. The molecule has 0 bridgehead atoms. The molecule has 31 heavy (non-hydrogen) atoms. The molecule has 168 valence electrons.